The van der Waals surface area contributed by atoms with Crippen LogP contribution in [0.4, 0.5) is 0 Å². The fraction of sp³-hybridized carbons (Fsp3) is 0. The van der Waals surface area contributed by atoms with E-state index in [0.29, 0.717) is 0 Å². The van der Waals surface area contributed by atoms with Gasteiger partial charge in [0.2, 0.25) is 0 Å². The van der Waals surface area contributed by atoms with Gasteiger partial charge in [0.05, 0.1) is 0 Å². The third-order valence-corrected chi connectivity index (χ3v) is 1.70. The molecular formula is C12H8Na4O4. The Balaban J connectivity index is -0.000000107. The van der Waals surface area contributed by atoms with Gasteiger partial charge < -0.3 is 20.4 Å². The maximum Gasteiger partial charge on any atom is 1.00 e. The molecule has 0 bridgehead atoms. The molecule has 0 amide bonds. The van der Waals surface area contributed by atoms with Crippen molar-refractivity contribution in [2.24, 2.45) is 0 Å². The molecule has 0 aliphatic carbocycles. The molecule has 0 radical (unpaired) electrons. The maximum atomic E-state index is 10.3. The van der Waals surface area contributed by atoms with Crippen molar-refractivity contribution < 1.29 is 139 Å². The predicted molar refractivity (Wildman–Crippen MR) is 50.7 cm³/mol. The molecule has 0 aromatic heterocycles. The minimum absolute atomic E-state index is 0. The van der Waals surface area contributed by atoms with Crippen molar-refractivity contribution in [2.45, 2.75) is 0 Å². The van der Waals surface area contributed by atoms with Crippen LogP contribution in [0.15, 0.2) is 48.5 Å². The fourth-order valence-corrected chi connectivity index (χ4v) is 0.900. The van der Waals surface area contributed by atoms with E-state index in [-0.39, 0.29) is 118 Å². The number of para-hydroxylation sites is 4. The van der Waals surface area contributed by atoms with E-state index in [1.54, 1.807) is 24.3 Å². The van der Waals surface area contributed by atoms with Crippen molar-refractivity contribution in [3.8, 4) is 23.0 Å². The number of rotatable bonds is 0. The Bertz CT molecular complexity index is 383. The predicted octanol–water partition coefficient (Wildman–Crippen LogP) is -12.3. The van der Waals surface area contributed by atoms with Crippen LogP contribution in [0, 0.1) is 0 Å². The van der Waals surface area contributed by atoms with E-state index in [1.807, 2.05) is 0 Å². The molecule has 84 valence electrons. The van der Waals surface area contributed by atoms with Gasteiger partial charge in [-0.15, -0.1) is 23.0 Å². The molecule has 0 unspecified atom stereocenters. The molecule has 0 saturated heterocycles. The zero-order valence-electron chi connectivity index (χ0n) is 12.3. The molecule has 0 fully saturated rings. The Morgan fingerprint density at radius 1 is 0.400 bits per heavy atom. The van der Waals surface area contributed by atoms with E-state index in [4.69, 9.17) is 0 Å². The van der Waals surface area contributed by atoms with Crippen LogP contribution in [0.1, 0.15) is 0 Å². The van der Waals surface area contributed by atoms with Gasteiger partial charge in [0.15, 0.2) is 0 Å². The average Bonchev–Trinajstić information content (AvgIpc) is 2.28. The molecule has 0 aliphatic heterocycles. The van der Waals surface area contributed by atoms with Gasteiger partial charge in [-0.3, -0.25) is 0 Å². The summed E-state index contributed by atoms with van der Waals surface area (Å²) in [6, 6.07) is 11.2. The van der Waals surface area contributed by atoms with Gasteiger partial charge in [0.1, 0.15) is 0 Å². The first-order chi connectivity index (χ1) is 7.61. The summed E-state index contributed by atoms with van der Waals surface area (Å²) in [4.78, 5) is 0. The summed E-state index contributed by atoms with van der Waals surface area (Å²) < 4.78 is 0. The van der Waals surface area contributed by atoms with Gasteiger partial charge in [0.25, 0.3) is 0 Å². The van der Waals surface area contributed by atoms with Crippen molar-refractivity contribution in [3.05, 3.63) is 48.5 Å². The smallest absolute Gasteiger partial charge is 0.873 e. The average molecular weight is 308 g/mol. The van der Waals surface area contributed by atoms with Crippen LogP contribution in [-0.4, -0.2) is 0 Å². The summed E-state index contributed by atoms with van der Waals surface area (Å²) in [6.07, 6.45) is 0. The van der Waals surface area contributed by atoms with Crippen LogP contribution in [0.5, 0.6) is 23.0 Å². The van der Waals surface area contributed by atoms with Crippen molar-refractivity contribution in [1.29, 1.82) is 0 Å². The van der Waals surface area contributed by atoms with Gasteiger partial charge >= 0.3 is 118 Å². The van der Waals surface area contributed by atoms with E-state index in [2.05, 4.69) is 0 Å². The van der Waals surface area contributed by atoms with Gasteiger partial charge in [-0.2, -0.15) is 0 Å². The van der Waals surface area contributed by atoms with Gasteiger partial charge in [-0.1, -0.05) is 48.5 Å². The second-order valence-electron chi connectivity index (χ2n) is 2.89. The first-order valence-electron chi connectivity index (χ1n) is 4.47. The van der Waals surface area contributed by atoms with E-state index >= 15 is 0 Å². The summed E-state index contributed by atoms with van der Waals surface area (Å²) in [7, 11) is 0. The quantitative estimate of drug-likeness (QED) is 0.452. The molecule has 2 aromatic rings. The minimum Gasteiger partial charge on any atom is -0.873 e. The Morgan fingerprint density at radius 2 is 0.550 bits per heavy atom. The van der Waals surface area contributed by atoms with Crippen LogP contribution < -0.4 is 139 Å². The molecular weight excluding hydrogens is 300 g/mol. The molecule has 2 rings (SSSR count). The van der Waals surface area contributed by atoms with Crippen LogP contribution >= 0.6 is 0 Å². The first kappa shape index (κ1) is 29.6. The van der Waals surface area contributed by atoms with E-state index in [0.717, 1.165) is 0 Å². The molecule has 4 nitrogen and oxygen atoms in total. The number of benzene rings is 2. The largest absolute Gasteiger partial charge is 1.00 e. The molecule has 0 N–H and O–H groups in total. The van der Waals surface area contributed by atoms with Crippen LogP contribution in [0.25, 0.3) is 0 Å². The second-order valence-corrected chi connectivity index (χ2v) is 2.89. The van der Waals surface area contributed by atoms with Crippen molar-refractivity contribution in [2.75, 3.05) is 0 Å². The standard InChI is InChI=1S/2C6H6O2.4Na/c2*7-5-3-1-2-4-6(5)8;;;;/h2*1-4,7-8H;;;;/q;;4*+1/p-4. The first-order valence-corrected chi connectivity index (χ1v) is 4.47. The third-order valence-electron chi connectivity index (χ3n) is 1.70. The van der Waals surface area contributed by atoms with Crippen molar-refractivity contribution in [1.82, 2.24) is 0 Å². The summed E-state index contributed by atoms with van der Waals surface area (Å²) in [5, 5.41) is 41.2. The SMILES string of the molecule is [Na+].[Na+].[Na+].[Na+].[O-]c1ccccc1[O-].[O-]c1ccccc1[O-]. The number of hydrogen-bond donors (Lipinski definition) is 0. The Morgan fingerprint density at radius 3 is 0.650 bits per heavy atom. The van der Waals surface area contributed by atoms with Gasteiger partial charge in [-0.25, -0.2) is 0 Å². The van der Waals surface area contributed by atoms with Crippen LogP contribution in [0.2, 0.25) is 0 Å². The molecule has 0 spiro atoms. The maximum absolute atomic E-state index is 10.3. The topological polar surface area (TPSA) is 92.2 Å². The minimum atomic E-state index is -0.437. The molecule has 0 saturated carbocycles. The van der Waals surface area contributed by atoms with Crippen LogP contribution in [0.3, 0.4) is 0 Å². The third kappa shape index (κ3) is 12.2. The monoisotopic (exact) mass is 308 g/mol. The van der Waals surface area contributed by atoms with E-state index in [1.165, 1.54) is 24.3 Å². The second kappa shape index (κ2) is 17.0. The Labute approximate surface area is 206 Å². The molecule has 0 atom stereocenters. The Kier molecular flexibility index (Phi) is 25.2. The number of hydrogen-bond acceptors (Lipinski definition) is 4. The van der Waals surface area contributed by atoms with Gasteiger partial charge in [-0.05, 0) is 0 Å². The zero-order chi connectivity index (χ0) is 12.0. The molecule has 0 aliphatic rings. The molecule has 2 aromatic carbocycles. The van der Waals surface area contributed by atoms with Crippen LogP contribution in [-0.2, 0) is 0 Å². The van der Waals surface area contributed by atoms with E-state index < -0.39 is 23.0 Å². The summed E-state index contributed by atoms with van der Waals surface area (Å²) in [5.41, 5.74) is 0. The van der Waals surface area contributed by atoms with E-state index in [9.17, 15) is 20.4 Å². The summed E-state index contributed by atoms with van der Waals surface area (Å²) in [6.45, 7) is 0. The summed E-state index contributed by atoms with van der Waals surface area (Å²) >= 11 is 0. The normalized spacial score (nSPS) is 7.20. The zero-order valence-corrected chi connectivity index (χ0v) is 20.3. The van der Waals surface area contributed by atoms with Crippen molar-refractivity contribution >= 4 is 0 Å². The Hall–Kier alpha value is 1.64. The van der Waals surface area contributed by atoms with Gasteiger partial charge in [0, 0.05) is 0 Å². The molecule has 8 heteroatoms. The fourth-order valence-electron chi connectivity index (χ4n) is 0.900. The van der Waals surface area contributed by atoms with Crippen molar-refractivity contribution in [3.63, 3.8) is 0 Å². The summed E-state index contributed by atoms with van der Waals surface area (Å²) in [5.74, 6) is -1.75. The molecule has 20 heavy (non-hydrogen) atoms. The molecule has 0 heterocycles.